The molecule has 1 aromatic heterocycles. The summed E-state index contributed by atoms with van der Waals surface area (Å²) in [7, 11) is 0. The number of carboxylic acids is 1. The Morgan fingerprint density at radius 2 is 2.21 bits per heavy atom. The molecule has 0 aliphatic carbocycles. The van der Waals surface area contributed by atoms with Gasteiger partial charge in [-0.15, -0.1) is 0 Å². The molecular weight excluding hydrogens is 248 g/mol. The van der Waals surface area contributed by atoms with Crippen molar-refractivity contribution in [1.29, 1.82) is 0 Å². The molecule has 6 nitrogen and oxygen atoms in total. The van der Waals surface area contributed by atoms with Gasteiger partial charge in [0, 0.05) is 5.56 Å². The third kappa shape index (κ3) is 1.69. The van der Waals surface area contributed by atoms with Gasteiger partial charge in [0.15, 0.2) is 5.76 Å². The van der Waals surface area contributed by atoms with Crippen LogP contribution in [0, 0.1) is 6.92 Å². The van der Waals surface area contributed by atoms with Gasteiger partial charge in [0.25, 0.3) is 5.91 Å². The van der Waals surface area contributed by atoms with E-state index in [1.54, 1.807) is 13.0 Å². The van der Waals surface area contributed by atoms with E-state index in [9.17, 15) is 9.59 Å². The Morgan fingerprint density at radius 1 is 1.42 bits per heavy atom. The molecule has 0 spiro atoms. The first-order valence-electron chi connectivity index (χ1n) is 5.69. The number of rotatable bonds is 1. The Hall–Kier alpha value is -2.63. The summed E-state index contributed by atoms with van der Waals surface area (Å²) in [5.74, 6) is -0.807. The minimum Gasteiger partial charge on any atom is -0.478 e. The van der Waals surface area contributed by atoms with Gasteiger partial charge in [0.2, 0.25) is 0 Å². The largest absolute Gasteiger partial charge is 0.478 e. The molecule has 1 aromatic carbocycles. The maximum Gasteiger partial charge on any atom is 0.335 e. The maximum atomic E-state index is 12.0. The molecule has 0 atom stereocenters. The predicted molar refractivity (Wildman–Crippen MR) is 64.8 cm³/mol. The summed E-state index contributed by atoms with van der Waals surface area (Å²) in [4.78, 5) is 23.0. The quantitative estimate of drug-likeness (QED) is 0.810. The zero-order valence-corrected chi connectivity index (χ0v) is 10.1. The SMILES string of the molecule is Cc1noc2c1-c1ccc(C(=O)O)cc1C(=O)NC2. The van der Waals surface area contributed by atoms with Crippen molar-refractivity contribution < 1.29 is 19.2 Å². The predicted octanol–water partition coefficient (Wildman–Crippen LogP) is 1.59. The maximum absolute atomic E-state index is 12.0. The van der Waals surface area contributed by atoms with E-state index < -0.39 is 5.97 Å². The first-order chi connectivity index (χ1) is 9.08. The van der Waals surface area contributed by atoms with Crippen LogP contribution in [0.25, 0.3) is 11.1 Å². The minimum absolute atomic E-state index is 0.0754. The molecule has 6 heteroatoms. The highest BCUT2D eigenvalue weighted by atomic mass is 16.5. The van der Waals surface area contributed by atoms with Crippen molar-refractivity contribution >= 4 is 11.9 Å². The number of carbonyl (C=O) groups is 2. The van der Waals surface area contributed by atoms with Gasteiger partial charge in [-0.25, -0.2) is 4.79 Å². The zero-order valence-electron chi connectivity index (χ0n) is 10.1. The Morgan fingerprint density at radius 3 is 2.95 bits per heavy atom. The zero-order chi connectivity index (χ0) is 13.6. The molecule has 0 saturated heterocycles. The van der Waals surface area contributed by atoms with Gasteiger partial charge in [-0.2, -0.15) is 0 Å². The number of fused-ring (bicyclic) bond motifs is 3. The molecule has 1 aliphatic heterocycles. The van der Waals surface area contributed by atoms with Gasteiger partial charge < -0.3 is 14.9 Å². The summed E-state index contributed by atoms with van der Waals surface area (Å²) in [6.07, 6.45) is 0. The van der Waals surface area contributed by atoms with Crippen molar-refractivity contribution in [3.05, 3.63) is 40.8 Å². The first kappa shape index (κ1) is 11.5. The summed E-state index contributed by atoms with van der Waals surface area (Å²) in [6.45, 7) is 2.03. The van der Waals surface area contributed by atoms with Gasteiger partial charge in [-0.3, -0.25) is 4.79 Å². The Bertz CT molecular complexity index is 703. The number of nitrogens with one attached hydrogen (secondary N) is 1. The van der Waals surface area contributed by atoms with Crippen LogP contribution in [-0.2, 0) is 6.54 Å². The number of aryl methyl sites for hydroxylation is 1. The van der Waals surface area contributed by atoms with E-state index >= 15 is 0 Å². The van der Waals surface area contributed by atoms with E-state index in [2.05, 4.69) is 10.5 Å². The number of carboxylic acid groups (broad SMARTS) is 1. The number of hydrogen-bond acceptors (Lipinski definition) is 4. The van der Waals surface area contributed by atoms with Crippen LogP contribution in [0.3, 0.4) is 0 Å². The number of aromatic carboxylic acids is 1. The molecule has 0 unspecified atom stereocenters. The van der Waals surface area contributed by atoms with Crippen LogP contribution in [0.5, 0.6) is 0 Å². The third-order valence-electron chi connectivity index (χ3n) is 3.12. The van der Waals surface area contributed by atoms with Crippen molar-refractivity contribution in [2.45, 2.75) is 13.5 Å². The van der Waals surface area contributed by atoms with Crippen molar-refractivity contribution in [2.75, 3.05) is 0 Å². The Balaban J connectivity index is 2.29. The van der Waals surface area contributed by atoms with Crippen LogP contribution >= 0.6 is 0 Å². The van der Waals surface area contributed by atoms with Crippen molar-refractivity contribution in [3.63, 3.8) is 0 Å². The van der Waals surface area contributed by atoms with Crippen molar-refractivity contribution in [2.24, 2.45) is 0 Å². The number of carbonyl (C=O) groups excluding carboxylic acids is 1. The molecule has 2 aromatic rings. The summed E-state index contributed by atoms with van der Waals surface area (Å²) in [5, 5.41) is 15.5. The van der Waals surface area contributed by atoms with E-state index in [0.717, 1.165) is 5.56 Å². The van der Waals surface area contributed by atoms with Gasteiger partial charge in [0.05, 0.1) is 23.4 Å². The fourth-order valence-corrected chi connectivity index (χ4v) is 2.22. The van der Waals surface area contributed by atoms with Gasteiger partial charge in [0.1, 0.15) is 0 Å². The molecule has 1 amide bonds. The molecule has 0 radical (unpaired) electrons. The standard InChI is InChI=1S/C13H10N2O4/c1-6-11-8-3-2-7(13(17)18)4-9(8)12(16)14-5-10(11)19-15-6/h2-4H,5H2,1H3,(H,14,16)(H,17,18). The molecular formula is C13H10N2O4. The number of hydrogen-bond donors (Lipinski definition) is 2. The van der Waals surface area contributed by atoms with Crippen molar-refractivity contribution in [1.82, 2.24) is 10.5 Å². The molecule has 19 heavy (non-hydrogen) atoms. The topological polar surface area (TPSA) is 92.4 Å². The fourth-order valence-electron chi connectivity index (χ4n) is 2.22. The van der Waals surface area contributed by atoms with Gasteiger partial charge in [-0.1, -0.05) is 11.2 Å². The average molecular weight is 258 g/mol. The Kier molecular flexibility index (Phi) is 2.38. The summed E-state index contributed by atoms with van der Waals surface area (Å²) >= 11 is 0. The van der Waals surface area contributed by atoms with Crippen LogP contribution in [0.4, 0.5) is 0 Å². The van der Waals surface area contributed by atoms with Gasteiger partial charge >= 0.3 is 5.97 Å². The van der Waals surface area contributed by atoms with Crippen LogP contribution < -0.4 is 5.32 Å². The van der Waals surface area contributed by atoms with Crippen LogP contribution in [0.2, 0.25) is 0 Å². The summed E-state index contributed by atoms with van der Waals surface area (Å²) < 4.78 is 5.17. The van der Waals surface area contributed by atoms with E-state index in [1.807, 2.05) is 0 Å². The second kappa shape index (κ2) is 3.94. The van der Waals surface area contributed by atoms with Crippen LogP contribution in [0.1, 0.15) is 32.2 Å². The van der Waals surface area contributed by atoms with E-state index in [0.29, 0.717) is 22.6 Å². The molecule has 2 N–H and O–H groups in total. The lowest BCUT2D eigenvalue weighted by atomic mass is 9.97. The smallest absolute Gasteiger partial charge is 0.335 e. The molecule has 3 rings (SSSR count). The second-order valence-corrected chi connectivity index (χ2v) is 4.31. The molecule has 96 valence electrons. The number of aromatic nitrogens is 1. The molecule has 2 heterocycles. The lowest BCUT2D eigenvalue weighted by molar-refractivity contribution is 0.0697. The van der Waals surface area contributed by atoms with E-state index in [-0.39, 0.29) is 18.0 Å². The monoisotopic (exact) mass is 258 g/mol. The van der Waals surface area contributed by atoms with E-state index in [1.165, 1.54) is 12.1 Å². The Labute approximate surface area is 108 Å². The lowest BCUT2D eigenvalue weighted by Crippen LogP contribution is -2.21. The number of benzene rings is 1. The highest BCUT2D eigenvalue weighted by Gasteiger charge is 2.25. The molecule has 1 aliphatic rings. The highest BCUT2D eigenvalue weighted by molar-refractivity contribution is 6.04. The summed E-state index contributed by atoms with van der Waals surface area (Å²) in [5.41, 5.74) is 2.48. The summed E-state index contributed by atoms with van der Waals surface area (Å²) in [6, 6.07) is 4.46. The van der Waals surface area contributed by atoms with Crippen molar-refractivity contribution in [3.8, 4) is 11.1 Å². The highest BCUT2D eigenvalue weighted by Crippen LogP contribution is 2.33. The second-order valence-electron chi connectivity index (χ2n) is 4.31. The number of amides is 1. The molecule has 0 bridgehead atoms. The normalized spacial score (nSPS) is 13.2. The minimum atomic E-state index is -1.07. The lowest BCUT2D eigenvalue weighted by Gasteiger charge is -2.06. The van der Waals surface area contributed by atoms with E-state index in [4.69, 9.17) is 9.63 Å². The van der Waals surface area contributed by atoms with Gasteiger partial charge in [-0.05, 0) is 24.6 Å². The molecule has 0 fully saturated rings. The third-order valence-corrected chi connectivity index (χ3v) is 3.12. The number of nitrogens with zero attached hydrogens (tertiary/aromatic N) is 1. The average Bonchev–Trinajstić information content (AvgIpc) is 2.69. The van der Waals surface area contributed by atoms with Crippen LogP contribution in [0.15, 0.2) is 22.7 Å². The van der Waals surface area contributed by atoms with Crippen LogP contribution in [-0.4, -0.2) is 22.1 Å². The first-order valence-corrected chi connectivity index (χ1v) is 5.69. The fraction of sp³-hybridized carbons (Fsp3) is 0.154. The molecule has 0 saturated carbocycles.